The van der Waals surface area contributed by atoms with Crippen LogP contribution in [0, 0.1) is 5.92 Å². The highest BCUT2D eigenvalue weighted by Crippen LogP contribution is 2.31. The minimum atomic E-state index is 0.0851. The van der Waals surface area contributed by atoms with E-state index in [9.17, 15) is 9.90 Å². The summed E-state index contributed by atoms with van der Waals surface area (Å²) in [4.78, 5) is 11.9. The number of phenols is 1. The van der Waals surface area contributed by atoms with Crippen LogP contribution in [0.4, 0.5) is 0 Å². The fraction of sp³-hybridized carbons (Fsp3) is 0.364. The summed E-state index contributed by atoms with van der Waals surface area (Å²) < 4.78 is 2.68. The molecule has 1 aliphatic carbocycles. The van der Waals surface area contributed by atoms with E-state index in [1.807, 2.05) is 3.96 Å². The van der Waals surface area contributed by atoms with Gasteiger partial charge in [0, 0.05) is 6.54 Å². The SMILES string of the molecule is O=c1c2ccc(O)cc2sn1CC1CC1. The van der Waals surface area contributed by atoms with Crippen LogP contribution < -0.4 is 5.56 Å². The lowest BCUT2D eigenvalue weighted by molar-refractivity contribution is 0.476. The number of aromatic hydroxyl groups is 1. The van der Waals surface area contributed by atoms with E-state index >= 15 is 0 Å². The molecule has 0 atom stereocenters. The zero-order valence-electron chi connectivity index (χ0n) is 8.14. The van der Waals surface area contributed by atoms with E-state index in [1.165, 1.54) is 24.4 Å². The average Bonchev–Trinajstić information content (AvgIpc) is 2.95. The lowest BCUT2D eigenvalue weighted by atomic mass is 10.2. The van der Waals surface area contributed by atoms with Crippen molar-refractivity contribution in [2.24, 2.45) is 5.92 Å². The quantitative estimate of drug-likeness (QED) is 0.844. The van der Waals surface area contributed by atoms with Gasteiger partial charge in [0.15, 0.2) is 0 Å². The van der Waals surface area contributed by atoms with Gasteiger partial charge in [-0.2, -0.15) is 0 Å². The highest BCUT2D eigenvalue weighted by Gasteiger charge is 2.23. The first kappa shape index (κ1) is 8.97. The Labute approximate surface area is 90.7 Å². The molecule has 4 heteroatoms. The average molecular weight is 221 g/mol. The number of fused-ring (bicyclic) bond motifs is 1. The molecule has 1 aliphatic rings. The molecule has 15 heavy (non-hydrogen) atoms. The summed E-state index contributed by atoms with van der Waals surface area (Å²) >= 11 is 1.45. The Morgan fingerprint density at radius 1 is 1.47 bits per heavy atom. The predicted molar refractivity (Wildman–Crippen MR) is 60.5 cm³/mol. The molecule has 1 aromatic carbocycles. The Hall–Kier alpha value is -1.29. The maximum atomic E-state index is 11.9. The second kappa shape index (κ2) is 3.10. The largest absolute Gasteiger partial charge is 0.508 e. The molecule has 0 radical (unpaired) electrons. The standard InChI is InChI=1S/C11H11NO2S/c13-8-3-4-9-10(5-8)15-12(11(9)14)6-7-1-2-7/h3-5,7,13H,1-2,6H2. The Kier molecular flexibility index (Phi) is 1.85. The molecule has 0 amide bonds. The highest BCUT2D eigenvalue weighted by molar-refractivity contribution is 7.13. The fourth-order valence-electron chi connectivity index (χ4n) is 1.71. The lowest BCUT2D eigenvalue weighted by Gasteiger charge is -1.94. The molecule has 0 aliphatic heterocycles. The predicted octanol–water partition coefficient (Wildman–Crippen LogP) is 2.18. The number of hydrogen-bond acceptors (Lipinski definition) is 3. The van der Waals surface area contributed by atoms with Gasteiger partial charge in [-0.15, -0.1) is 0 Å². The van der Waals surface area contributed by atoms with Crippen molar-refractivity contribution in [2.45, 2.75) is 19.4 Å². The third kappa shape index (κ3) is 1.55. The van der Waals surface area contributed by atoms with E-state index in [-0.39, 0.29) is 11.3 Å². The Bertz CT molecular complexity index is 565. The molecular formula is C11H11NO2S. The van der Waals surface area contributed by atoms with Crippen molar-refractivity contribution in [1.82, 2.24) is 3.96 Å². The first-order chi connectivity index (χ1) is 7.24. The topological polar surface area (TPSA) is 42.2 Å². The summed E-state index contributed by atoms with van der Waals surface area (Å²) in [6, 6.07) is 4.93. The van der Waals surface area contributed by atoms with Crippen LogP contribution in [0.15, 0.2) is 23.0 Å². The van der Waals surface area contributed by atoms with Crippen LogP contribution in [0.25, 0.3) is 10.1 Å². The van der Waals surface area contributed by atoms with Gasteiger partial charge in [-0.1, -0.05) is 11.5 Å². The van der Waals surface area contributed by atoms with Crippen LogP contribution >= 0.6 is 11.5 Å². The molecule has 0 spiro atoms. The molecule has 1 N–H and O–H groups in total. The molecule has 0 unspecified atom stereocenters. The van der Waals surface area contributed by atoms with Crippen LogP contribution in [0.5, 0.6) is 5.75 Å². The van der Waals surface area contributed by atoms with Gasteiger partial charge < -0.3 is 5.11 Å². The normalized spacial score (nSPS) is 16.0. The van der Waals surface area contributed by atoms with Gasteiger partial charge in [-0.25, -0.2) is 0 Å². The zero-order valence-corrected chi connectivity index (χ0v) is 8.96. The van der Waals surface area contributed by atoms with Crippen LogP contribution in [0.1, 0.15) is 12.8 Å². The molecule has 0 saturated heterocycles. The van der Waals surface area contributed by atoms with Crippen molar-refractivity contribution in [3.05, 3.63) is 28.6 Å². The van der Waals surface area contributed by atoms with Crippen LogP contribution in [-0.2, 0) is 6.54 Å². The van der Waals surface area contributed by atoms with E-state index in [2.05, 4.69) is 0 Å². The number of benzene rings is 1. The molecule has 0 bridgehead atoms. The summed E-state index contributed by atoms with van der Waals surface area (Å²) in [7, 11) is 0. The Morgan fingerprint density at radius 2 is 2.27 bits per heavy atom. The van der Waals surface area contributed by atoms with Crippen molar-refractivity contribution < 1.29 is 5.11 Å². The van der Waals surface area contributed by atoms with Gasteiger partial charge in [0.1, 0.15) is 5.75 Å². The molecule has 78 valence electrons. The van der Waals surface area contributed by atoms with Gasteiger partial charge in [-0.05, 0) is 37.0 Å². The lowest BCUT2D eigenvalue weighted by Crippen LogP contribution is -2.13. The van der Waals surface area contributed by atoms with E-state index in [4.69, 9.17) is 0 Å². The Balaban J connectivity index is 2.14. The molecule has 1 saturated carbocycles. The molecule has 1 heterocycles. The summed E-state index contributed by atoms with van der Waals surface area (Å²) in [5, 5.41) is 10.0. The van der Waals surface area contributed by atoms with E-state index < -0.39 is 0 Å². The maximum absolute atomic E-state index is 11.9. The summed E-state index contributed by atoms with van der Waals surface area (Å²) in [5.41, 5.74) is 0.0851. The minimum Gasteiger partial charge on any atom is -0.508 e. The van der Waals surface area contributed by atoms with Crippen molar-refractivity contribution in [1.29, 1.82) is 0 Å². The molecule has 3 rings (SSSR count). The van der Waals surface area contributed by atoms with Gasteiger partial charge in [0.2, 0.25) is 0 Å². The first-order valence-corrected chi connectivity index (χ1v) is 5.84. The smallest absolute Gasteiger partial charge is 0.268 e. The molecule has 2 aromatic rings. The summed E-state index contributed by atoms with van der Waals surface area (Å²) in [5.74, 6) is 0.923. The highest BCUT2D eigenvalue weighted by atomic mass is 32.1. The second-order valence-electron chi connectivity index (χ2n) is 4.08. The number of phenolic OH excluding ortho intramolecular Hbond substituents is 1. The summed E-state index contributed by atoms with van der Waals surface area (Å²) in [6.45, 7) is 0.846. The van der Waals surface area contributed by atoms with Gasteiger partial charge in [0.25, 0.3) is 5.56 Å². The number of rotatable bonds is 2. The van der Waals surface area contributed by atoms with E-state index in [1.54, 1.807) is 18.2 Å². The summed E-state index contributed by atoms with van der Waals surface area (Å²) in [6.07, 6.45) is 2.48. The van der Waals surface area contributed by atoms with E-state index in [0.717, 1.165) is 16.6 Å². The zero-order chi connectivity index (χ0) is 10.4. The van der Waals surface area contributed by atoms with Crippen LogP contribution in [-0.4, -0.2) is 9.06 Å². The van der Waals surface area contributed by atoms with Gasteiger partial charge >= 0.3 is 0 Å². The van der Waals surface area contributed by atoms with E-state index in [0.29, 0.717) is 5.92 Å². The third-order valence-electron chi connectivity index (χ3n) is 2.75. The molecule has 3 nitrogen and oxygen atoms in total. The Morgan fingerprint density at radius 3 is 3.00 bits per heavy atom. The third-order valence-corrected chi connectivity index (χ3v) is 3.82. The van der Waals surface area contributed by atoms with Crippen molar-refractivity contribution in [2.75, 3.05) is 0 Å². The number of nitrogens with zero attached hydrogens (tertiary/aromatic N) is 1. The van der Waals surface area contributed by atoms with Crippen LogP contribution in [0.2, 0.25) is 0 Å². The number of hydrogen-bond donors (Lipinski definition) is 1. The monoisotopic (exact) mass is 221 g/mol. The first-order valence-electron chi connectivity index (χ1n) is 5.07. The van der Waals surface area contributed by atoms with Gasteiger partial charge in [-0.3, -0.25) is 8.75 Å². The number of aromatic nitrogens is 1. The minimum absolute atomic E-state index is 0.0851. The molecule has 1 fully saturated rings. The molecular weight excluding hydrogens is 210 g/mol. The second-order valence-corrected chi connectivity index (χ2v) is 5.14. The van der Waals surface area contributed by atoms with Crippen molar-refractivity contribution >= 4 is 21.6 Å². The maximum Gasteiger partial charge on any atom is 0.268 e. The van der Waals surface area contributed by atoms with Crippen molar-refractivity contribution in [3.8, 4) is 5.75 Å². The van der Waals surface area contributed by atoms with Crippen molar-refractivity contribution in [3.63, 3.8) is 0 Å². The van der Waals surface area contributed by atoms with Gasteiger partial charge in [0.05, 0.1) is 10.1 Å². The fourth-order valence-corrected chi connectivity index (χ4v) is 2.84. The molecule has 1 aromatic heterocycles. The van der Waals surface area contributed by atoms with Crippen LogP contribution in [0.3, 0.4) is 0 Å².